The maximum absolute atomic E-state index is 13.8. The van der Waals surface area contributed by atoms with Crippen molar-refractivity contribution < 1.29 is 31.9 Å². The van der Waals surface area contributed by atoms with Gasteiger partial charge in [-0.3, -0.25) is 4.79 Å². The van der Waals surface area contributed by atoms with Gasteiger partial charge in [0.15, 0.2) is 0 Å². The highest BCUT2D eigenvalue weighted by Crippen LogP contribution is 2.30. The predicted molar refractivity (Wildman–Crippen MR) is 91.6 cm³/mol. The fourth-order valence-corrected chi connectivity index (χ4v) is 2.16. The first-order valence-corrected chi connectivity index (χ1v) is 7.84. The molecule has 2 rings (SSSR count). The first kappa shape index (κ1) is 20.2. The molecule has 2 aromatic carbocycles. The van der Waals surface area contributed by atoms with Gasteiger partial charge in [-0.15, -0.1) is 0 Å². The molecule has 0 spiro atoms. The minimum atomic E-state index is -4.58. The van der Waals surface area contributed by atoms with Crippen molar-refractivity contribution in [3.8, 4) is 0 Å². The van der Waals surface area contributed by atoms with E-state index in [0.29, 0.717) is 6.07 Å². The molecule has 1 N–H and O–H groups in total. The number of halogens is 4. The summed E-state index contributed by atoms with van der Waals surface area (Å²) in [6.45, 7) is 1.52. The van der Waals surface area contributed by atoms with Crippen LogP contribution in [0.15, 0.2) is 54.4 Å². The minimum absolute atomic E-state index is 0.00593. The standard InChI is InChI=1S/C19H15F4NO3/c1-2-27-18(26)15(20)11-12-6-3-4-9-16(12)24-17(25)13-7-5-8-14(10-13)19(21,22)23/h3-11H,2H2,1H3,(H,24,25). The first-order valence-electron chi connectivity index (χ1n) is 7.84. The van der Waals surface area contributed by atoms with Crippen molar-refractivity contribution in [1.82, 2.24) is 0 Å². The second-order valence-electron chi connectivity index (χ2n) is 5.33. The molecular formula is C19H15F4NO3. The zero-order chi connectivity index (χ0) is 20.0. The van der Waals surface area contributed by atoms with Crippen LogP contribution in [0.1, 0.15) is 28.4 Å². The lowest BCUT2D eigenvalue weighted by atomic mass is 10.1. The maximum atomic E-state index is 13.8. The van der Waals surface area contributed by atoms with Gasteiger partial charge in [-0.1, -0.05) is 24.3 Å². The number of esters is 1. The molecule has 0 saturated carbocycles. The Labute approximate surface area is 152 Å². The van der Waals surface area contributed by atoms with Crippen molar-refractivity contribution in [2.24, 2.45) is 0 Å². The summed E-state index contributed by atoms with van der Waals surface area (Å²) >= 11 is 0. The van der Waals surface area contributed by atoms with E-state index in [1.807, 2.05) is 0 Å². The number of ether oxygens (including phenoxy) is 1. The van der Waals surface area contributed by atoms with E-state index in [-0.39, 0.29) is 23.4 Å². The van der Waals surface area contributed by atoms with Crippen molar-refractivity contribution in [2.75, 3.05) is 11.9 Å². The molecule has 0 aliphatic heterocycles. The van der Waals surface area contributed by atoms with E-state index >= 15 is 0 Å². The number of anilines is 1. The third-order valence-corrected chi connectivity index (χ3v) is 3.41. The Balaban J connectivity index is 2.27. The number of nitrogens with one attached hydrogen (secondary N) is 1. The molecule has 0 unspecified atom stereocenters. The summed E-state index contributed by atoms with van der Waals surface area (Å²) in [6, 6.07) is 9.85. The average Bonchev–Trinajstić information content (AvgIpc) is 2.63. The Morgan fingerprint density at radius 1 is 1.11 bits per heavy atom. The van der Waals surface area contributed by atoms with Crippen LogP contribution in [0, 0.1) is 0 Å². The van der Waals surface area contributed by atoms with Gasteiger partial charge in [-0.25, -0.2) is 4.79 Å². The smallest absolute Gasteiger partial charge is 0.416 e. The van der Waals surface area contributed by atoms with E-state index < -0.39 is 29.4 Å². The summed E-state index contributed by atoms with van der Waals surface area (Å²) in [5.74, 6) is -3.13. The van der Waals surface area contributed by atoms with Crippen LogP contribution >= 0.6 is 0 Å². The molecule has 0 aliphatic carbocycles. The Bertz CT molecular complexity index is 875. The van der Waals surface area contributed by atoms with E-state index in [0.717, 1.165) is 18.2 Å². The summed E-state index contributed by atoms with van der Waals surface area (Å²) in [6.07, 6.45) is -3.71. The fourth-order valence-electron chi connectivity index (χ4n) is 2.16. The Morgan fingerprint density at radius 3 is 2.48 bits per heavy atom. The van der Waals surface area contributed by atoms with Crippen molar-refractivity contribution in [2.45, 2.75) is 13.1 Å². The number of carbonyl (C=O) groups is 2. The molecule has 0 heterocycles. The van der Waals surface area contributed by atoms with Crippen molar-refractivity contribution in [3.05, 3.63) is 71.0 Å². The number of para-hydroxylation sites is 1. The van der Waals surface area contributed by atoms with E-state index in [1.165, 1.54) is 25.1 Å². The van der Waals surface area contributed by atoms with Crippen LogP contribution in [0.2, 0.25) is 0 Å². The first-order chi connectivity index (χ1) is 12.7. The largest absolute Gasteiger partial charge is 0.461 e. The van der Waals surface area contributed by atoms with Gasteiger partial charge in [0.2, 0.25) is 5.83 Å². The zero-order valence-electron chi connectivity index (χ0n) is 14.1. The van der Waals surface area contributed by atoms with Crippen LogP contribution in [-0.2, 0) is 15.7 Å². The van der Waals surface area contributed by atoms with Crippen LogP contribution in [0.25, 0.3) is 6.08 Å². The van der Waals surface area contributed by atoms with Gasteiger partial charge in [0.05, 0.1) is 12.2 Å². The fraction of sp³-hybridized carbons (Fsp3) is 0.158. The molecule has 0 fully saturated rings. The molecule has 0 atom stereocenters. The van der Waals surface area contributed by atoms with Crippen LogP contribution < -0.4 is 5.32 Å². The number of hydrogen-bond donors (Lipinski definition) is 1. The van der Waals surface area contributed by atoms with E-state index in [4.69, 9.17) is 0 Å². The SMILES string of the molecule is CCOC(=O)C(F)=Cc1ccccc1NC(=O)c1cccc(C(F)(F)F)c1. The quantitative estimate of drug-likeness (QED) is 0.459. The molecule has 4 nitrogen and oxygen atoms in total. The van der Waals surface area contributed by atoms with Gasteiger partial charge in [-0.05, 0) is 37.3 Å². The second kappa shape index (κ2) is 8.48. The molecule has 0 aliphatic rings. The monoisotopic (exact) mass is 381 g/mol. The van der Waals surface area contributed by atoms with E-state index in [9.17, 15) is 27.2 Å². The lowest BCUT2D eigenvalue weighted by Gasteiger charge is -2.11. The number of amides is 1. The summed E-state index contributed by atoms with van der Waals surface area (Å²) in [5, 5.41) is 2.41. The topological polar surface area (TPSA) is 55.4 Å². The van der Waals surface area contributed by atoms with E-state index in [1.54, 1.807) is 12.1 Å². The maximum Gasteiger partial charge on any atom is 0.416 e. The molecule has 0 aromatic heterocycles. The van der Waals surface area contributed by atoms with Gasteiger partial charge < -0.3 is 10.1 Å². The Morgan fingerprint density at radius 2 is 1.81 bits per heavy atom. The highest BCUT2D eigenvalue weighted by Gasteiger charge is 2.30. The van der Waals surface area contributed by atoms with Crippen LogP contribution in [0.5, 0.6) is 0 Å². The molecule has 0 radical (unpaired) electrons. The lowest BCUT2D eigenvalue weighted by Crippen LogP contribution is -2.14. The van der Waals surface area contributed by atoms with Gasteiger partial charge in [-0.2, -0.15) is 17.6 Å². The van der Waals surface area contributed by atoms with Gasteiger partial charge in [0.25, 0.3) is 5.91 Å². The summed E-state index contributed by atoms with van der Waals surface area (Å²) < 4.78 is 56.7. The number of carbonyl (C=O) groups excluding carboxylic acids is 2. The summed E-state index contributed by atoms with van der Waals surface area (Å²) in [4.78, 5) is 23.7. The molecule has 27 heavy (non-hydrogen) atoms. The van der Waals surface area contributed by atoms with Crippen molar-refractivity contribution >= 4 is 23.6 Å². The normalized spacial score (nSPS) is 11.8. The molecule has 8 heteroatoms. The third-order valence-electron chi connectivity index (χ3n) is 3.41. The number of benzene rings is 2. The van der Waals surface area contributed by atoms with Gasteiger partial charge in [0.1, 0.15) is 0 Å². The highest BCUT2D eigenvalue weighted by atomic mass is 19.4. The molecule has 0 saturated heterocycles. The van der Waals surface area contributed by atoms with E-state index in [2.05, 4.69) is 10.1 Å². The molecule has 0 bridgehead atoms. The van der Waals surface area contributed by atoms with Crippen LogP contribution in [0.3, 0.4) is 0 Å². The minimum Gasteiger partial charge on any atom is -0.461 e. The van der Waals surface area contributed by atoms with Crippen molar-refractivity contribution in [3.63, 3.8) is 0 Å². The van der Waals surface area contributed by atoms with Crippen LogP contribution in [0.4, 0.5) is 23.2 Å². The molecule has 1 amide bonds. The Kier molecular flexibility index (Phi) is 6.33. The lowest BCUT2D eigenvalue weighted by molar-refractivity contribution is -0.140. The number of hydrogen-bond acceptors (Lipinski definition) is 3. The summed E-state index contributed by atoms with van der Waals surface area (Å²) in [5.41, 5.74) is -0.895. The number of rotatable bonds is 5. The molecule has 2 aromatic rings. The summed E-state index contributed by atoms with van der Waals surface area (Å²) in [7, 11) is 0. The third kappa shape index (κ3) is 5.40. The average molecular weight is 381 g/mol. The van der Waals surface area contributed by atoms with Crippen molar-refractivity contribution in [1.29, 1.82) is 0 Å². The second-order valence-corrected chi connectivity index (χ2v) is 5.33. The Hall–Kier alpha value is -3.16. The predicted octanol–water partition coefficient (Wildman–Crippen LogP) is 4.83. The molecular weight excluding hydrogens is 366 g/mol. The zero-order valence-corrected chi connectivity index (χ0v) is 14.1. The highest BCUT2D eigenvalue weighted by molar-refractivity contribution is 6.05. The van der Waals surface area contributed by atoms with Gasteiger partial charge >= 0.3 is 12.1 Å². The molecule has 142 valence electrons. The van der Waals surface area contributed by atoms with Crippen LogP contribution in [-0.4, -0.2) is 18.5 Å². The van der Waals surface area contributed by atoms with Gasteiger partial charge in [0, 0.05) is 16.8 Å². The number of alkyl halides is 3.